The summed E-state index contributed by atoms with van der Waals surface area (Å²) in [6.45, 7) is 1.96. The first-order valence-electron chi connectivity index (χ1n) is 5.06. The number of ether oxygens (including phenoxy) is 1. The second-order valence-corrected chi connectivity index (χ2v) is 4.05. The predicted molar refractivity (Wildman–Crippen MR) is 64.5 cm³/mol. The zero-order valence-electron chi connectivity index (χ0n) is 9.46. The molecule has 1 atom stereocenters. The molecule has 0 aliphatic carbocycles. The van der Waals surface area contributed by atoms with E-state index >= 15 is 0 Å². The minimum Gasteiger partial charge on any atom is -0.495 e. The maximum Gasteiger partial charge on any atom is 0.137 e. The number of hydrogen-bond acceptors (Lipinski definition) is 3. The lowest BCUT2D eigenvalue weighted by molar-refractivity contribution is 0.414. The molecule has 1 rings (SSSR count). The van der Waals surface area contributed by atoms with Crippen LogP contribution in [-0.2, 0) is 0 Å². The molecule has 0 bridgehead atoms. The van der Waals surface area contributed by atoms with E-state index in [0.717, 1.165) is 11.1 Å². The zero-order chi connectivity index (χ0) is 12.1. The average Bonchev–Trinajstić information content (AvgIpc) is 2.28. The molecule has 0 aliphatic heterocycles. The maximum absolute atomic E-state index is 8.52. The Morgan fingerprint density at radius 3 is 2.81 bits per heavy atom. The van der Waals surface area contributed by atoms with Crippen molar-refractivity contribution in [3.63, 3.8) is 0 Å². The number of methoxy groups -OCH3 is 1. The number of nitrogens with zero attached hydrogens (tertiary/aromatic N) is 1. The van der Waals surface area contributed by atoms with E-state index in [2.05, 4.69) is 6.07 Å². The smallest absolute Gasteiger partial charge is 0.137 e. The molecule has 0 radical (unpaired) electrons. The Kier molecular flexibility index (Phi) is 4.60. The number of benzene rings is 1. The van der Waals surface area contributed by atoms with Crippen molar-refractivity contribution in [2.45, 2.75) is 25.8 Å². The van der Waals surface area contributed by atoms with Crippen LogP contribution in [0.25, 0.3) is 0 Å². The van der Waals surface area contributed by atoms with Crippen LogP contribution < -0.4 is 10.5 Å². The van der Waals surface area contributed by atoms with E-state index in [1.54, 1.807) is 7.11 Å². The quantitative estimate of drug-likeness (QED) is 0.877. The molecule has 0 amide bonds. The van der Waals surface area contributed by atoms with Crippen molar-refractivity contribution in [3.8, 4) is 11.8 Å². The molecule has 0 heterocycles. The van der Waals surface area contributed by atoms with Crippen LogP contribution in [0.1, 0.15) is 30.0 Å². The van der Waals surface area contributed by atoms with Gasteiger partial charge in [0.2, 0.25) is 0 Å². The lowest BCUT2D eigenvalue weighted by Crippen LogP contribution is -2.11. The third-order valence-electron chi connectivity index (χ3n) is 2.51. The van der Waals surface area contributed by atoms with E-state index in [0.29, 0.717) is 23.6 Å². The zero-order valence-corrected chi connectivity index (χ0v) is 10.2. The van der Waals surface area contributed by atoms with Crippen molar-refractivity contribution >= 4 is 11.6 Å². The molecule has 0 saturated carbocycles. The molecule has 3 nitrogen and oxygen atoms in total. The Morgan fingerprint density at radius 2 is 2.25 bits per heavy atom. The molecule has 0 fully saturated rings. The van der Waals surface area contributed by atoms with Gasteiger partial charge in [-0.05, 0) is 36.6 Å². The average molecular weight is 239 g/mol. The highest BCUT2D eigenvalue weighted by atomic mass is 35.5. The number of rotatable bonds is 4. The topological polar surface area (TPSA) is 59.0 Å². The van der Waals surface area contributed by atoms with Gasteiger partial charge in [-0.15, -0.1) is 0 Å². The van der Waals surface area contributed by atoms with Crippen LogP contribution in [0.2, 0.25) is 5.02 Å². The summed E-state index contributed by atoms with van der Waals surface area (Å²) in [6, 6.07) is 5.62. The van der Waals surface area contributed by atoms with Gasteiger partial charge in [-0.1, -0.05) is 11.6 Å². The minimum atomic E-state index is -0.150. The fourth-order valence-corrected chi connectivity index (χ4v) is 1.85. The molecule has 0 spiro atoms. The van der Waals surface area contributed by atoms with Crippen molar-refractivity contribution in [3.05, 3.63) is 28.3 Å². The summed E-state index contributed by atoms with van der Waals surface area (Å²) in [7, 11) is 1.58. The van der Waals surface area contributed by atoms with Gasteiger partial charge >= 0.3 is 0 Å². The lowest BCUT2D eigenvalue weighted by atomic mass is 9.98. The van der Waals surface area contributed by atoms with Crippen molar-refractivity contribution in [1.29, 1.82) is 5.26 Å². The van der Waals surface area contributed by atoms with Crippen LogP contribution in [-0.4, -0.2) is 7.11 Å². The molecule has 0 aliphatic rings. The van der Waals surface area contributed by atoms with Gasteiger partial charge in [0.05, 0.1) is 18.2 Å². The Balaban J connectivity index is 2.97. The fourth-order valence-electron chi connectivity index (χ4n) is 1.60. The van der Waals surface area contributed by atoms with Gasteiger partial charge in [-0.25, -0.2) is 0 Å². The summed E-state index contributed by atoms with van der Waals surface area (Å²) in [5.41, 5.74) is 8.00. The number of hydrogen-bond donors (Lipinski definition) is 1. The Labute approximate surface area is 101 Å². The molecule has 1 unspecified atom stereocenters. The Morgan fingerprint density at radius 1 is 1.56 bits per heavy atom. The maximum atomic E-state index is 8.52. The highest BCUT2D eigenvalue weighted by Gasteiger charge is 2.12. The molecule has 0 aromatic heterocycles. The van der Waals surface area contributed by atoms with E-state index in [1.165, 1.54) is 0 Å². The number of nitriles is 1. The monoisotopic (exact) mass is 238 g/mol. The van der Waals surface area contributed by atoms with Crippen molar-refractivity contribution in [2.75, 3.05) is 7.11 Å². The van der Waals surface area contributed by atoms with Gasteiger partial charge in [0.25, 0.3) is 0 Å². The first kappa shape index (κ1) is 12.8. The summed E-state index contributed by atoms with van der Waals surface area (Å²) >= 11 is 6.03. The first-order chi connectivity index (χ1) is 7.60. The van der Waals surface area contributed by atoms with E-state index in [4.69, 9.17) is 27.3 Å². The van der Waals surface area contributed by atoms with Crippen LogP contribution >= 0.6 is 11.6 Å². The van der Waals surface area contributed by atoms with Crippen molar-refractivity contribution in [1.82, 2.24) is 0 Å². The lowest BCUT2D eigenvalue weighted by Gasteiger charge is -2.15. The second kappa shape index (κ2) is 5.74. The van der Waals surface area contributed by atoms with E-state index in [9.17, 15) is 0 Å². The van der Waals surface area contributed by atoms with Crippen molar-refractivity contribution < 1.29 is 4.74 Å². The van der Waals surface area contributed by atoms with Crippen LogP contribution in [0.15, 0.2) is 12.1 Å². The standard InChI is InChI=1S/C12H15ClN2O/c1-8-6-12(16-2)10(13)7-9(8)11(15)4-3-5-14/h6-7,11H,3-4,15H2,1-2H3. The summed E-state index contributed by atoms with van der Waals surface area (Å²) < 4.78 is 5.12. The third kappa shape index (κ3) is 2.88. The van der Waals surface area contributed by atoms with Gasteiger partial charge < -0.3 is 10.5 Å². The van der Waals surface area contributed by atoms with Gasteiger partial charge in [0, 0.05) is 12.5 Å². The highest BCUT2D eigenvalue weighted by molar-refractivity contribution is 6.32. The molecule has 16 heavy (non-hydrogen) atoms. The summed E-state index contributed by atoms with van der Waals surface area (Å²) in [6.07, 6.45) is 1.09. The van der Waals surface area contributed by atoms with Crippen LogP contribution in [0.3, 0.4) is 0 Å². The summed E-state index contributed by atoms with van der Waals surface area (Å²) in [4.78, 5) is 0. The van der Waals surface area contributed by atoms with Crippen LogP contribution in [0, 0.1) is 18.3 Å². The first-order valence-corrected chi connectivity index (χ1v) is 5.44. The fraction of sp³-hybridized carbons (Fsp3) is 0.417. The van der Waals surface area contributed by atoms with E-state index in [-0.39, 0.29) is 6.04 Å². The summed E-state index contributed by atoms with van der Waals surface area (Å²) in [5, 5.41) is 9.07. The van der Waals surface area contributed by atoms with Crippen molar-refractivity contribution in [2.24, 2.45) is 5.73 Å². The van der Waals surface area contributed by atoms with Crippen LogP contribution in [0.4, 0.5) is 0 Å². The van der Waals surface area contributed by atoms with Gasteiger partial charge in [-0.3, -0.25) is 0 Å². The predicted octanol–water partition coefficient (Wildman–Crippen LogP) is 2.96. The molecule has 86 valence electrons. The Hall–Kier alpha value is -1.24. The SMILES string of the molecule is COc1cc(C)c(C(N)CCC#N)cc1Cl. The number of aryl methyl sites for hydroxylation is 1. The molecule has 1 aromatic carbocycles. The number of halogens is 1. The molecular formula is C12H15ClN2O. The Bertz CT molecular complexity index is 412. The molecule has 1 aromatic rings. The third-order valence-corrected chi connectivity index (χ3v) is 2.80. The largest absolute Gasteiger partial charge is 0.495 e. The molecule has 4 heteroatoms. The normalized spacial score (nSPS) is 11.9. The van der Waals surface area contributed by atoms with E-state index < -0.39 is 0 Å². The summed E-state index contributed by atoms with van der Waals surface area (Å²) in [5.74, 6) is 0.649. The van der Waals surface area contributed by atoms with Crippen LogP contribution in [0.5, 0.6) is 5.75 Å². The van der Waals surface area contributed by atoms with Gasteiger partial charge in [0.15, 0.2) is 0 Å². The molecule has 0 saturated heterocycles. The minimum absolute atomic E-state index is 0.150. The van der Waals surface area contributed by atoms with Gasteiger partial charge in [-0.2, -0.15) is 5.26 Å². The number of nitrogens with two attached hydrogens (primary N) is 1. The second-order valence-electron chi connectivity index (χ2n) is 3.65. The van der Waals surface area contributed by atoms with E-state index in [1.807, 2.05) is 19.1 Å². The molecule has 2 N–H and O–H groups in total. The highest BCUT2D eigenvalue weighted by Crippen LogP contribution is 2.31. The van der Waals surface area contributed by atoms with Gasteiger partial charge in [0.1, 0.15) is 5.75 Å². The molecular weight excluding hydrogens is 224 g/mol.